The molecule has 10 nitrogen and oxygen atoms in total. The number of aryl methyl sites for hydroxylation is 1. The molecule has 226 valence electrons. The smallest absolute Gasteiger partial charge is 0.264 e. The Bertz CT molecular complexity index is 1480. The summed E-state index contributed by atoms with van der Waals surface area (Å²) in [6, 6.07) is 17.4. The van der Waals surface area contributed by atoms with E-state index in [0.717, 1.165) is 21.9 Å². The van der Waals surface area contributed by atoms with Crippen molar-refractivity contribution in [1.82, 2.24) is 10.2 Å². The average Bonchev–Trinajstić information content (AvgIpc) is 3.00. The zero-order chi connectivity index (χ0) is 30.9. The lowest BCUT2D eigenvalue weighted by Gasteiger charge is -2.32. The van der Waals surface area contributed by atoms with E-state index in [1.807, 2.05) is 19.9 Å². The number of anilines is 1. The van der Waals surface area contributed by atoms with Gasteiger partial charge in [-0.2, -0.15) is 0 Å². The molecule has 2 amide bonds. The van der Waals surface area contributed by atoms with Crippen molar-refractivity contribution in [3.63, 3.8) is 0 Å². The van der Waals surface area contributed by atoms with Crippen molar-refractivity contribution in [2.24, 2.45) is 0 Å². The third-order valence-electron chi connectivity index (χ3n) is 6.75. The minimum absolute atomic E-state index is 0.0644. The molecule has 0 aliphatic rings. The molecule has 42 heavy (non-hydrogen) atoms. The SMILES string of the molecule is CCCNC(=O)C(C)N(Cc1cccc(OC)c1)C(=O)CN(c1ccc(C)cc1)S(=O)(=O)c1ccc(OC)c(OC)c1. The highest BCUT2D eigenvalue weighted by Crippen LogP contribution is 2.32. The van der Waals surface area contributed by atoms with Crippen LogP contribution in [0.3, 0.4) is 0 Å². The van der Waals surface area contributed by atoms with E-state index in [-0.39, 0.29) is 23.1 Å². The summed E-state index contributed by atoms with van der Waals surface area (Å²) >= 11 is 0. The van der Waals surface area contributed by atoms with E-state index in [1.165, 1.54) is 37.3 Å². The summed E-state index contributed by atoms with van der Waals surface area (Å²) in [6.45, 7) is 5.41. The van der Waals surface area contributed by atoms with Crippen molar-refractivity contribution >= 4 is 27.5 Å². The number of amides is 2. The fourth-order valence-electron chi connectivity index (χ4n) is 4.29. The van der Waals surface area contributed by atoms with Crippen LogP contribution in [0.4, 0.5) is 5.69 Å². The molecular formula is C31H39N3O7S. The van der Waals surface area contributed by atoms with E-state index in [0.29, 0.717) is 23.7 Å². The average molecular weight is 598 g/mol. The molecule has 0 fully saturated rings. The number of ether oxygens (including phenoxy) is 3. The molecule has 0 saturated carbocycles. The van der Waals surface area contributed by atoms with Crippen LogP contribution in [0.25, 0.3) is 0 Å². The Morgan fingerprint density at radius 3 is 2.21 bits per heavy atom. The number of sulfonamides is 1. The first-order valence-corrected chi connectivity index (χ1v) is 15.0. The lowest BCUT2D eigenvalue weighted by Crippen LogP contribution is -2.51. The number of nitrogens with one attached hydrogen (secondary N) is 1. The third kappa shape index (κ3) is 7.73. The molecule has 0 aliphatic carbocycles. The molecule has 1 atom stereocenters. The van der Waals surface area contributed by atoms with Gasteiger partial charge in [0.05, 0.1) is 31.9 Å². The predicted molar refractivity (Wildman–Crippen MR) is 162 cm³/mol. The normalized spacial score (nSPS) is 11.8. The molecule has 0 heterocycles. The van der Waals surface area contributed by atoms with E-state index in [9.17, 15) is 18.0 Å². The second-order valence-electron chi connectivity index (χ2n) is 9.70. The van der Waals surface area contributed by atoms with Crippen LogP contribution in [-0.4, -0.2) is 65.6 Å². The number of nitrogens with zero attached hydrogens (tertiary/aromatic N) is 2. The number of hydrogen-bond acceptors (Lipinski definition) is 7. The zero-order valence-electron chi connectivity index (χ0n) is 24.9. The van der Waals surface area contributed by atoms with Crippen LogP contribution in [0.15, 0.2) is 71.6 Å². The van der Waals surface area contributed by atoms with Crippen molar-refractivity contribution in [1.29, 1.82) is 0 Å². The first kappa shape index (κ1) is 32.3. The molecule has 0 aliphatic heterocycles. The Morgan fingerprint density at radius 2 is 1.60 bits per heavy atom. The number of carbonyl (C=O) groups is 2. The topological polar surface area (TPSA) is 114 Å². The van der Waals surface area contributed by atoms with Gasteiger partial charge in [0.25, 0.3) is 10.0 Å². The summed E-state index contributed by atoms with van der Waals surface area (Å²) in [5.74, 6) is 0.306. The summed E-state index contributed by atoms with van der Waals surface area (Å²) in [5.41, 5.74) is 1.95. The van der Waals surface area contributed by atoms with Gasteiger partial charge in [-0.1, -0.05) is 36.8 Å². The summed E-state index contributed by atoms with van der Waals surface area (Å²) in [6.07, 6.45) is 0.729. The molecule has 1 N–H and O–H groups in total. The Labute approximate surface area is 248 Å². The molecule has 3 aromatic rings. The first-order chi connectivity index (χ1) is 20.0. The largest absolute Gasteiger partial charge is 0.497 e. The van der Waals surface area contributed by atoms with Crippen LogP contribution in [-0.2, 0) is 26.2 Å². The van der Waals surface area contributed by atoms with Crippen LogP contribution in [0.1, 0.15) is 31.4 Å². The minimum atomic E-state index is -4.27. The maximum Gasteiger partial charge on any atom is 0.264 e. The predicted octanol–water partition coefficient (Wildman–Crippen LogP) is 4.16. The van der Waals surface area contributed by atoms with Crippen LogP contribution in [0.2, 0.25) is 0 Å². The molecule has 0 aromatic heterocycles. The van der Waals surface area contributed by atoms with Crippen molar-refractivity contribution in [3.05, 3.63) is 77.9 Å². The fraction of sp³-hybridized carbons (Fsp3) is 0.355. The van der Waals surface area contributed by atoms with Gasteiger partial charge in [-0.15, -0.1) is 0 Å². The molecule has 0 spiro atoms. The molecule has 3 aromatic carbocycles. The second-order valence-corrected chi connectivity index (χ2v) is 11.6. The van der Waals surface area contributed by atoms with Gasteiger partial charge in [0.2, 0.25) is 11.8 Å². The maximum absolute atomic E-state index is 14.1. The van der Waals surface area contributed by atoms with Crippen LogP contribution in [0, 0.1) is 6.92 Å². The second kappa shape index (κ2) is 14.6. The third-order valence-corrected chi connectivity index (χ3v) is 8.52. The van der Waals surface area contributed by atoms with Gasteiger partial charge < -0.3 is 24.4 Å². The van der Waals surface area contributed by atoms with E-state index < -0.39 is 28.5 Å². The summed E-state index contributed by atoms with van der Waals surface area (Å²) in [4.78, 5) is 28.4. The monoisotopic (exact) mass is 597 g/mol. The van der Waals surface area contributed by atoms with E-state index in [2.05, 4.69) is 5.32 Å². The van der Waals surface area contributed by atoms with Gasteiger partial charge in [0.1, 0.15) is 18.3 Å². The zero-order valence-corrected chi connectivity index (χ0v) is 25.7. The lowest BCUT2D eigenvalue weighted by molar-refractivity contribution is -0.139. The highest BCUT2D eigenvalue weighted by Gasteiger charge is 2.33. The van der Waals surface area contributed by atoms with Crippen molar-refractivity contribution < 1.29 is 32.2 Å². The molecule has 0 radical (unpaired) electrons. The summed E-state index contributed by atoms with van der Waals surface area (Å²) in [7, 11) is 0.146. The number of methoxy groups -OCH3 is 3. The van der Waals surface area contributed by atoms with Gasteiger partial charge >= 0.3 is 0 Å². The van der Waals surface area contributed by atoms with Gasteiger partial charge in [-0.3, -0.25) is 13.9 Å². The summed E-state index contributed by atoms with van der Waals surface area (Å²) in [5, 5.41) is 2.83. The van der Waals surface area contributed by atoms with E-state index in [4.69, 9.17) is 14.2 Å². The summed E-state index contributed by atoms with van der Waals surface area (Å²) < 4.78 is 45.2. The number of hydrogen-bond donors (Lipinski definition) is 1. The standard InChI is InChI=1S/C31H39N3O7S/c1-7-17-32-31(36)23(3)33(20-24-9-8-10-26(18-24)39-4)30(35)21-34(25-13-11-22(2)12-14-25)42(37,38)27-15-16-28(40-5)29(19-27)41-6/h8-16,18-19,23H,7,17,20-21H2,1-6H3,(H,32,36). The molecule has 0 bridgehead atoms. The van der Waals surface area contributed by atoms with E-state index >= 15 is 0 Å². The Morgan fingerprint density at radius 1 is 0.905 bits per heavy atom. The molecular weight excluding hydrogens is 558 g/mol. The van der Waals surface area contributed by atoms with Crippen molar-refractivity contribution in [2.45, 2.75) is 44.7 Å². The molecule has 0 saturated heterocycles. The maximum atomic E-state index is 14.1. The Balaban J connectivity index is 2.06. The van der Waals surface area contributed by atoms with Gasteiger partial charge in [0.15, 0.2) is 11.5 Å². The number of rotatable bonds is 14. The number of benzene rings is 3. The van der Waals surface area contributed by atoms with Crippen LogP contribution >= 0.6 is 0 Å². The lowest BCUT2D eigenvalue weighted by atomic mass is 10.1. The highest BCUT2D eigenvalue weighted by molar-refractivity contribution is 7.92. The van der Waals surface area contributed by atoms with Crippen LogP contribution in [0.5, 0.6) is 17.2 Å². The first-order valence-electron chi connectivity index (χ1n) is 13.6. The van der Waals surface area contributed by atoms with Crippen LogP contribution < -0.4 is 23.8 Å². The van der Waals surface area contributed by atoms with Gasteiger partial charge in [0, 0.05) is 19.2 Å². The van der Waals surface area contributed by atoms with Crippen molar-refractivity contribution in [3.8, 4) is 17.2 Å². The molecule has 1 unspecified atom stereocenters. The van der Waals surface area contributed by atoms with Gasteiger partial charge in [-0.25, -0.2) is 8.42 Å². The van der Waals surface area contributed by atoms with E-state index in [1.54, 1.807) is 56.5 Å². The molecule has 11 heteroatoms. The quantitative estimate of drug-likeness (QED) is 0.297. The van der Waals surface area contributed by atoms with Crippen molar-refractivity contribution in [2.75, 3.05) is 38.7 Å². The number of carbonyl (C=O) groups excluding carboxylic acids is 2. The molecule has 3 rings (SSSR count). The minimum Gasteiger partial charge on any atom is -0.497 e. The Hall–Kier alpha value is -4.25. The van der Waals surface area contributed by atoms with Gasteiger partial charge in [-0.05, 0) is 62.2 Å². The fourth-order valence-corrected chi connectivity index (χ4v) is 5.72. The Kier molecular flexibility index (Phi) is 11.2. The highest BCUT2D eigenvalue weighted by atomic mass is 32.2.